The number of hydrogen-bond donors (Lipinski definition) is 2. The number of carbonyl (C=O) groups is 2. The average Bonchev–Trinajstić information content (AvgIpc) is 2.59. The van der Waals surface area contributed by atoms with Gasteiger partial charge in [0, 0.05) is 6.54 Å². The molecule has 2 amide bonds. The van der Waals surface area contributed by atoms with Gasteiger partial charge in [-0.3, -0.25) is 9.59 Å². The summed E-state index contributed by atoms with van der Waals surface area (Å²) in [6.45, 7) is 3.11. The first-order valence-electron chi connectivity index (χ1n) is 7.86. The lowest BCUT2D eigenvalue weighted by Gasteiger charge is -2.15. The standard InChI is InChI=1S/C18H18F3N3O2/c1-11-14(8-9-15(23-11)18(19,20)21)17(26)24-12(2)16(25)22-10-13-6-4-3-5-7-13/h3-9,12H,10H2,1-2H3,(H,22,25)(H,24,26). The largest absolute Gasteiger partial charge is 0.433 e. The summed E-state index contributed by atoms with van der Waals surface area (Å²) in [6, 6.07) is 10.2. The van der Waals surface area contributed by atoms with Crippen LogP contribution in [0.1, 0.15) is 34.2 Å². The van der Waals surface area contributed by atoms with Gasteiger partial charge in [0.25, 0.3) is 5.91 Å². The summed E-state index contributed by atoms with van der Waals surface area (Å²) in [7, 11) is 0. The van der Waals surface area contributed by atoms with Crippen LogP contribution < -0.4 is 10.6 Å². The second-order valence-electron chi connectivity index (χ2n) is 5.73. The SMILES string of the molecule is Cc1nc(C(F)(F)F)ccc1C(=O)NC(C)C(=O)NCc1ccccc1. The molecule has 2 rings (SSSR count). The molecule has 0 aliphatic carbocycles. The molecular weight excluding hydrogens is 347 g/mol. The van der Waals surface area contributed by atoms with Crippen molar-refractivity contribution >= 4 is 11.8 Å². The molecule has 0 saturated carbocycles. The average molecular weight is 365 g/mol. The van der Waals surface area contributed by atoms with Crippen LogP contribution in [-0.2, 0) is 17.5 Å². The normalized spacial score (nSPS) is 12.3. The third kappa shape index (κ3) is 5.05. The van der Waals surface area contributed by atoms with Crippen LogP contribution in [0.5, 0.6) is 0 Å². The van der Waals surface area contributed by atoms with Crippen LogP contribution in [0, 0.1) is 6.92 Å². The molecule has 0 aliphatic rings. The van der Waals surface area contributed by atoms with Crippen molar-refractivity contribution in [1.82, 2.24) is 15.6 Å². The van der Waals surface area contributed by atoms with Crippen LogP contribution >= 0.6 is 0 Å². The van der Waals surface area contributed by atoms with Crippen molar-refractivity contribution < 1.29 is 22.8 Å². The zero-order chi connectivity index (χ0) is 19.3. The van der Waals surface area contributed by atoms with E-state index in [2.05, 4.69) is 15.6 Å². The highest BCUT2D eigenvalue weighted by molar-refractivity contribution is 5.98. The third-order valence-corrected chi connectivity index (χ3v) is 3.67. The maximum Gasteiger partial charge on any atom is 0.433 e. The fourth-order valence-electron chi connectivity index (χ4n) is 2.24. The Labute approximate surface area is 148 Å². The number of alkyl halides is 3. The molecule has 1 atom stereocenters. The second-order valence-corrected chi connectivity index (χ2v) is 5.73. The van der Waals surface area contributed by atoms with Gasteiger partial charge < -0.3 is 10.6 Å². The van der Waals surface area contributed by atoms with E-state index in [4.69, 9.17) is 0 Å². The molecule has 1 heterocycles. The predicted molar refractivity (Wildman–Crippen MR) is 89.2 cm³/mol. The molecule has 138 valence electrons. The number of aryl methyl sites for hydroxylation is 1. The zero-order valence-electron chi connectivity index (χ0n) is 14.2. The molecule has 1 aromatic heterocycles. The maximum atomic E-state index is 12.6. The molecule has 1 aromatic carbocycles. The van der Waals surface area contributed by atoms with Gasteiger partial charge >= 0.3 is 6.18 Å². The smallest absolute Gasteiger partial charge is 0.350 e. The Morgan fingerprint density at radius 3 is 2.35 bits per heavy atom. The summed E-state index contributed by atoms with van der Waals surface area (Å²) in [6.07, 6.45) is -4.58. The molecule has 1 unspecified atom stereocenters. The molecule has 0 radical (unpaired) electrons. The Morgan fingerprint density at radius 2 is 1.77 bits per heavy atom. The molecular formula is C18H18F3N3O2. The Kier molecular flexibility index (Phi) is 5.97. The van der Waals surface area contributed by atoms with Crippen LogP contribution in [0.4, 0.5) is 13.2 Å². The lowest BCUT2D eigenvalue weighted by molar-refractivity contribution is -0.141. The van der Waals surface area contributed by atoms with E-state index in [-0.39, 0.29) is 11.3 Å². The highest BCUT2D eigenvalue weighted by atomic mass is 19.4. The van der Waals surface area contributed by atoms with E-state index < -0.39 is 29.7 Å². The monoisotopic (exact) mass is 365 g/mol. The van der Waals surface area contributed by atoms with E-state index in [1.54, 1.807) is 0 Å². The van der Waals surface area contributed by atoms with Gasteiger partial charge in [0.2, 0.25) is 5.91 Å². The van der Waals surface area contributed by atoms with Crippen LogP contribution in [-0.4, -0.2) is 22.8 Å². The number of hydrogen-bond acceptors (Lipinski definition) is 3. The fourth-order valence-corrected chi connectivity index (χ4v) is 2.24. The number of carbonyl (C=O) groups excluding carboxylic acids is 2. The van der Waals surface area contributed by atoms with Gasteiger partial charge in [0.15, 0.2) is 0 Å². The van der Waals surface area contributed by atoms with E-state index in [1.807, 2.05) is 30.3 Å². The fraction of sp³-hybridized carbons (Fsp3) is 0.278. The first-order chi connectivity index (χ1) is 12.2. The Bertz CT molecular complexity index is 792. The summed E-state index contributed by atoms with van der Waals surface area (Å²) < 4.78 is 37.9. The molecule has 8 heteroatoms. The number of pyridine rings is 1. The highest BCUT2D eigenvalue weighted by Gasteiger charge is 2.33. The van der Waals surface area contributed by atoms with Gasteiger partial charge in [-0.2, -0.15) is 13.2 Å². The number of halogens is 3. The molecule has 2 N–H and O–H groups in total. The summed E-state index contributed by atoms with van der Waals surface area (Å²) in [5.74, 6) is -1.06. The van der Waals surface area contributed by atoms with Gasteiger partial charge in [-0.15, -0.1) is 0 Å². The quantitative estimate of drug-likeness (QED) is 0.856. The van der Waals surface area contributed by atoms with Gasteiger partial charge in [-0.05, 0) is 31.5 Å². The van der Waals surface area contributed by atoms with Gasteiger partial charge in [0.1, 0.15) is 11.7 Å². The summed E-state index contributed by atoms with van der Waals surface area (Å²) in [5.41, 5.74) is -0.239. The number of amides is 2. The third-order valence-electron chi connectivity index (χ3n) is 3.67. The minimum atomic E-state index is -4.58. The number of nitrogens with one attached hydrogen (secondary N) is 2. The first kappa shape index (κ1) is 19.4. The van der Waals surface area contributed by atoms with Crippen molar-refractivity contribution in [3.63, 3.8) is 0 Å². The highest BCUT2D eigenvalue weighted by Crippen LogP contribution is 2.28. The van der Waals surface area contributed by atoms with Crippen molar-refractivity contribution in [3.8, 4) is 0 Å². The predicted octanol–water partition coefficient (Wildman–Crippen LogP) is 2.84. The first-order valence-corrected chi connectivity index (χ1v) is 7.86. The number of nitrogens with zero attached hydrogens (tertiary/aromatic N) is 1. The van der Waals surface area contributed by atoms with Gasteiger partial charge in [0.05, 0.1) is 11.3 Å². The molecule has 5 nitrogen and oxygen atoms in total. The van der Waals surface area contributed by atoms with E-state index in [0.717, 1.165) is 17.7 Å². The van der Waals surface area contributed by atoms with Crippen molar-refractivity contribution in [2.45, 2.75) is 32.6 Å². The van der Waals surface area contributed by atoms with Crippen LogP contribution in [0.3, 0.4) is 0 Å². The van der Waals surface area contributed by atoms with Crippen molar-refractivity contribution in [3.05, 3.63) is 65.0 Å². The van der Waals surface area contributed by atoms with Gasteiger partial charge in [-0.25, -0.2) is 4.98 Å². The topological polar surface area (TPSA) is 71.1 Å². The Balaban J connectivity index is 1.97. The summed E-state index contributed by atoms with van der Waals surface area (Å²) >= 11 is 0. The summed E-state index contributed by atoms with van der Waals surface area (Å²) in [4.78, 5) is 27.7. The molecule has 0 bridgehead atoms. The van der Waals surface area contributed by atoms with Crippen molar-refractivity contribution in [1.29, 1.82) is 0 Å². The molecule has 0 spiro atoms. The van der Waals surface area contributed by atoms with E-state index in [1.165, 1.54) is 13.8 Å². The van der Waals surface area contributed by atoms with Crippen molar-refractivity contribution in [2.24, 2.45) is 0 Å². The van der Waals surface area contributed by atoms with Crippen molar-refractivity contribution in [2.75, 3.05) is 0 Å². The second kappa shape index (κ2) is 7.99. The van der Waals surface area contributed by atoms with Crippen LogP contribution in [0.2, 0.25) is 0 Å². The minimum Gasteiger partial charge on any atom is -0.350 e. The lowest BCUT2D eigenvalue weighted by Crippen LogP contribution is -2.44. The molecule has 0 aliphatic heterocycles. The van der Waals surface area contributed by atoms with Gasteiger partial charge in [-0.1, -0.05) is 30.3 Å². The number of rotatable bonds is 5. The molecule has 0 saturated heterocycles. The zero-order valence-corrected chi connectivity index (χ0v) is 14.2. The minimum absolute atomic E-state index is 0.0132. The molecule has 26 heavy (non-hydrogen) atoms. The Morgan fingerprint density at radius 1 is 1.12 bits per heavy atom. The van der Waals surface area contributed by atoms with E-state index in [0.29, 0.717) is 6.54 Å². The summed E-state index contributed by atoms with van der Waals surface area (Å²) in [5, 5.41) is 5.14. The molecule has 2 aromatic rings. The number of aromatic nitrogens is 1. The van der Waals surface area contributed by atoms with Crippen LogP contribution in [0.25, 0.3) is 0 Å². The van der Waals surface area contributed by atoms with E-state index in [9.17, 15) is 22.8 Å². The Hall–Kier alpha value is -2.90. The number of benzene rings is 1. The molecule has 0 fully saturated rings. The maximum absolute atomic E-state index is 12.6. The van der Waals surface area contributed by atoms with Crippen LogP contribution in [0.15, 0.2) is 42.5 Å². The lowest BCUT2D eigenvalue weighted by atomic mass is 10.1. The van der Waals surface area contributed by atoms with E-state index >= 15 is 0 Å².